The van der Waals surface area contributed by atoms with Gasteiger partial charge in [-0.25, -0.2) is 0 Å². The number of amides is 2. The molecule has 1 heterocycles. The lowest BCUT2D eigenvalue weighted by molar-refractivity contribution is -0.116. The Bertz CT molecular complexity index is 961. The number of β-amino-alcohol motifs (C(OH)–C–C–N with tert-alkyl or cyclic N) is 1. The van der Waals surface area contributed by atoms with E-state index in [-0.39, 0.29) is 22.5 Å². The number of carbonyl (C=O) groups excluding carboxylic acids is 3. The van der Waals surface area contributed by atoms with Gasteiger partial charge in [-0.05, 0) is 12.1 Å². The summed E-state index contributed by atoms with van der Waals surface area (Å²) in [4.78, 5) is 38.5. The van der Waals surface area contributed by atoms with Crippen LogP contribution < -0.4 is 0 Å². The Morgan fingerprint density at radius 3 is 2.03 bits per heavy atom. The molecule has 0 saturated carbocycles. The van der Waals surface area contributed by atoms with Crippen LogP contribution >= 0.6 is 0 Å². The molecule has 0 fully saturated rings. The number of hydrogen-bond acceptors (Lipinski definition) is 8. The van der Waals surface area contributed by atoms with Crippen LogP contribution in [0.5, 0.6) is 0 Å². The van der Waals surface area contributed by atoms with E-state index >= 15 is 0 Å². The van der Waals surface area contributed by atoms with Crippen LogP contribution in [0.1, 0.15) is 36.6 Å². The van der Waals surface area contributed by atoms with E-state index in [1.165, 1.54) is 18.2 Å². The van der Waals surface area contributed by atoms with Crippen molar-refractivity contribution in [2.45, 2.75) is 24.4 Å². The Hall–Kier alpha value is -2.95. The van der Waals surface area contributed by atoms with Crippen molar-refractivity contribution in [3.05, 3.63) is 70.8 Å². The van der Waals surface area contributed by atoms with E-state index in [4.69, 9.17) is 5.11 Å². The number of imide groups is 1. The Balaban J connectivity index is 1.79. The topological polar surface area (TPSA) is 156 Å². The zero-order valence-corrected chi connectivity index (χ0v) is 15.8. The fourth-order valence-electron chi connectivity index (χ4n) is 3.21. The van der Waals surface area contributed by atoms with Crippen molar-refractivity contribution < 1.29 is 39.9 Å². The summed E-state index contributed by atoms with van der Waals surface area (Å²) >= 11 is 0. The lowest BCUT2D eigenvalue weighted by Crippen LogP contribution is -2.50. The smallest absolute Gasteiger partial charge is 0.261 e. The van der Waals surface area contributed by atoms with Crippen LogP contribution in [0.4, 0.5) is 0 Å². The largest absolute Gasteiger partial charge is 0.394 e. The minimum atomic E-state index is -1.91. The Morgan fingerprint density at radius 1 is 0.800 bits per heavy atom. The molecule has 4 atom stereocenters. The van der Waals surface area contributed by atoms with E-state index in [0.717, 1.165) is 0 Å². The predicted octanol–water partition coefficient (Wildman–Crippen LogP) is -1.05. The molecule has 2 aromatic carbocycles. The van der Waals surface area contributed by atoms with Crippen molar-refractivity contribution in [3.63, 3.8) is 0 Å². The van der Waals surface area contributed by atoms with Gasteiger partial charge in [0, 0.05) is 11.1 Å². The van der Waals surface area contributed by atoms with Crippen molar-refractivity contribution in [1.82, 2.24) is 4.90 Å². The van der Waals surface area contributed by atoms with Gasteiger partial charge in [0.2, 0.25) is 0 Å². The van der Waals surface area contributed by atoms with Gasteiger partial charge in [-0.3, -0.25) is 19.3 Å². The SMILES string of the molecule is O=C(c1ccccc1)c1ccc2c(c1)C(=O)N(C[C@H](O)[C@@H](O)[C@H](O)[C@H](O)CO)C2=O. The number of nitrogens with zero attached hydrogens (tertiary/aromatic N) is 1. The van der Waals surface area contributed by atoms with Gasteiger partial charge >= 0.3 is 0 Å². The van der Waals surface area contributed by atoms with Gasteiger partial charge in [0.05, 0.1) is 24.3 Å². The number of rotatable bonds is 8. The molecule has 9 heteroatoms. The molecule has 0 saturated heterocycles. The van der Waals surface area contributed by atoms with Crippen molar-refractivity contribution in [3.8, 4) is 0 Å². The van der Waals surface area contributed by atoms with Crippen LogP contribution in [0, 0.1) is 0 Å². The highest BCUT2D eigenvalue weighted by Gasteiger charge is 2.39. The summed E-state index contributed by atoms with van der Waals surface area (Å²) in [5.74, 6) is -1.81. The summed E-state index contributed by atoms with van der Waals surface area (Å²) in [6.45, 7) is -1.50. The average molecular weight is 415 g/mol. The first-order valence-electron chi connectivity index (χ1n) is 9.19. The number of aliphatic hydroxyl groups is 5. The van der Waals surface area contributed by atoms with Gasteiger partial charge in [0.25, 0.3) is 11.8 Å². The van der Waals surface area contributed by atoms with E-state index in [1.807, 2.05) is 0 Å². The third-order valence-corrected chi connectivity index (χ3v) is 4.96. The quantitative estimate of drug-likeness (QED) is 0.270. The molecule has 0 spiro atoms. The summed E-state index contributed by atoms with van der Waals surface area (Å²) in [6, 6.07) is 12.5. The summed E-state index contributed by atoms with van der Waals surface area (Å²) in [7, 11) is 0. The molecular weight excluding hydrogens is 394 g/mol. The molecule has 0 bridgehead atoms. The van der Waals surface area contributed by atoms with E-state index in [0.29, 0.717) is 10.5 Å². The second-order valence-electron chi connectivity index (χ2n) is 6.97. The van der Waals surface area contributed by atoms with Gasteiger partial charge in [0.15, 0.2) is 5.78 Å². The summed E-state index contributed by atoms with van der Waals surface area (Å²) in [6.07, 6.45) is -7.26. The average Bonchev–Trinajstić information content (AvgIpc) is 3.01. The molecule has 1 aliphatic rings. The normalized spacial score (nSPS) is 17.4. The third-order valence-electron chi connectivity index (χ3n) is 4.96. The molecule has 3 rings (SSSR count). The summed E-state index contributed by atoms with van der Waals surface area (Å²) < 4.78 is 0. The maximum Gasteiger partial charge on any atom is 0.261 e. The first-order chi connectivity index (χ1) is 14.3. The maximum atomic E-state index is 12.7. The molecule has 158 valence electrons. The van der Waals surface area contributed by atoms with E-state index in [1.54, 1.807) is 30.3 Å². The van der Waals surface area contributed by atoms with E-state index in [9.17, 15) is 34.8 Å². The Morgan fingerprint density at radius 2 is 1.40 bits per heavy atom. The van der Waals surface area contributed by atoms with Crippen molar-refractivity contribution in [1.29, 1.82) is 0 Å². The zero-order valence-electron chi connectivity index (χ0n) is 15.8. The molecule has 2 aromatic rings. The number of carbonyl (C=O) groups is 3. The van der Waals surface area contributed by atoms with Gasteiger partial charge in [-0.15, -0.1) is 0 Å². The molecule has 0 unspecified atom stereocenters. The van der Waals surface area contributed by atoms with Crippen molar-refractivity contribution in [2.75, 3.05) is 13.2 Å². The first-order valence-corrected chi connectivity index (χ1v) is 9.19. The lowest BCUT2D eigenvalue weighted by atomic mass is 9.99. The molecule has 0 radical (unpaired) electrons. The highest BCUT2D eigenvalue weighted by molar-refractivity contribution is 6.22. The monoisotopic (exact) mass is 415 g/mol. The van der Waals surface area contributed by atoms with Crippen LogP contribution in [0.2, 0.25) is 0 Å². The van der Waals surface area contributed by atoms with Crippen molar-refractivity contribution >= 4 is 17.6 Å². The minimum Gasteiger partial charge on any atom is -0.394 e. The highest BCUT2D eigenvalue weighted by Crippen LogP contribution is 2.26. The summed E-state index contributed by atoms with van der Waals surface area (Å²) in [5.41, 5.74) is 0.660. The van der Waals surface area contributed by atoms with Crippen LogP contribution in [-0.4, -0.2) is 85.6 Å². The van der Waals surface area contributed by atoms with Crippen LogP contribution in [0.3, 0.4) is 0 Å². The zero-order chi connectivity index (χ0) is 22.0. The Labute approximate surface area is 171 Å². The molecule has 5 N–H and O–H groups in total. The number of aliphatic hydroxyl groups excluding tert-OH is 5. The van der Waals surface area contributed by atoms with Gasteiger partial charge < -0.3 is 25.5 Å². The molecular formula is C21H21NO8. The number of ketones is 1. The Kier molecular flexibility index (Phi) is 6.40. The predicted molar refractivity (Wildman–Crippen MR) is 103 cm³/mol. The molecule has 30 heavy (non-hydrogen) atoms. The first kappa shape index (κ1) is 21.8. The number of hydrogen-bond donors (Lipinski definition) is 5. The van der Waals surface area contributed by atoms with Crippen LogP contribution in [-0.2, 0) is 0 Å². The van der Waals surface area contributed by atoms with Crippen LogP contribution in [0.25, 0.3) is 0 Å². The fourth-order valence-corrected chi connectivity index (χ4v) is 3.21. The second kappa shape index (κ2) is 8.82. The van der Waals surface area contributed by atoms with Gasteiger partial charge in [-0.2, -0.15) is 0 Å². The second-order valence-corrected chi connectivity index (χ2v) is 6.97. The van der Waals surface area contributed by atoms with Crippen LogP contribution in [0.15, 0.2) is 48.5 Å². The minimum absolute atomic E-state index is 0.0144. The molecule has 0 aromatic heterocycles. The van der Waals surface area contributed by atoms with Crippen molar-refractivity contribution in [2.24, 2.45) is 0 Å². The molecule has 9 nitrogen and oxygen atoms in total. The third kappa shape index (κ3) is 4.02. The molecule has 2 amide bonds. The van der Waals surface area contributed by atoms with E-state index < -0.39 is 49.4 Å². The van der Waals surface area contributed by atoms with Gasteiger partial charge in [0.1, 0.15) is 24.4 Å². The lowest BCUT2D eigenvalue weighted by Gasteiger charge is -2.27. The molecule has 1 aliphatic heterocycles. The number of benzene rings is 2. The maximum absolute atomic E-state index is 12.7. The fraction of sp³-hybridized carbons (Fsp3) is 0.286. The number of fused-ring (bicyclic) bond motifs is 1. The highest BCUT2D eigenvalue weighted by atomic mass is 16.4. The summed E-state index contributed by atoms with van der Waals surface area (Å²) in [5, 5.41) is 47.9. The van der Waals surface area contributed by atoms with E-state index in [2.05, 4.69) is 0 Å². The molecule has 0 aliphatic carbocycles. The van der Waals surface area contributed by atoms with Gasteiger partial charge in [-0.1, -0.05) is 36.4 Å². The standard InChI is InChI=1S/C21H21NO8/c23-10-16(25)19(28)18(27)15(24)9-22-20(29)13-7-6-12(8-14(13)21(22)30)17(26)11-4-2-1-3-5-11/h1-8,15-16,18-19,23-25,27-28H,9-10H2/t15-,16+,18+,19+/m0/s1.